The van der Waals surface area contributed by atoms with E-state index in [4.69, 9.17) is 14.5 Å². The molecule has 184 valence electrons. The van der Waals surface area contributed by atoms with Crippen LogP contribution in [0.15, 0.2) is 48.7 Å². The van der Waals surface area contributed by atoms with E-state index in [9.17, 15) is 13.2 Å². The average molecular weight is 486 g/mol. The number of morpholine rings is 2. The molecule has 2 aliphatic heterocycles. The number of alkyl halides is 3. The van der Waals surface area contributed by atoms with E-state index in [1.807, 2.05) is 36.4 Å². The lowest BCUT2D eigenvalue weighted by Crippen LogP contribution is -2.36. The lowest BCUT2D eigenvalue weighted by molar-refractivity contribution is -0.141. The van der Waals surface area contributed by atoms with Crippen LogP contribution in [0.2, 0.25) is 0 Å². The number of aromatic nitrogens is 3. The summed E-state index contributed by atoms with van der Waals surface area (Å²) in [6.07, 6.45) is -3.46. The molecule has 1 aromatic carbocycles. The van der Waals surface area contributed by atoms with Gasteiger partial charge in [0.15, 0.2) is 0 Å². The van der Waals surface area contributed by atoms with Crippen molar-refractivity contribution in [2.75, 3.05) is 67.7 Å². The number of rotatable bonds is 5. The maximum atomic E-state index is 13.1. The Kier molecular flexibility index (Phi) is 6.69. The van der Waals surface area contributed by atoms with Crippen molar-refractivity contribution < 1.29 is 22.6 Å². The molecule has 35 heavy (non-hydrogen) atoms. The largest absolute Gasteiger partial charge is 0.433 e. The minimum atomic E-state index is -4.55. The SMILES string of the molecule is FC(F)(F)c1ccnc(Nc2cc(-c3cccc(N4CCOCC4)n3)cc(N3CCOCC3)c2)n1. The van der Waals surface area contributed by atoms with E-state index >= 15 is 0 Å². The number of pyridine rings is 1. The van der Waals surface area contributed by atoms with Crippen molar-refractivity contribution in [2.24, 2.45) is 0 Å². The first-order valence-corrected chi connectivity index (χ1v) is 11.4. The molecule has 2 fully saturated rings. The van der Waals surface area contributed by atoms with Gasteiger partial charge in [-0.05, 0) is 36.4 Å². The third kappa shape index (κ3) is 5.63. The van der Waals surface area contributed by atoms with Crippen LogP contribution in [0.4, 0.5) is 36.3 Å². The molecule has 3 aromatic rings. The second kappa shape index (κ2) is 10.0. The Balaban J connectivity index is 1.50. The van der Waals surface area contributed by atoms with Gasteiger partial charge < -0.3 is 24.6 Å². The normalized spacial score (nSPS) is 16.9. The van der Waals surface area contributed by atoms with Crippen molar-refractivity contribution in [3.8, 4) is 11.3 Å². The van der Waals surface area contributed by atoms with E-state index in [0.717, 1.165) is 48.1 Å². The summed E-state index contributed by atoms with van der Waals surface area (Å²) in [5, 5.41) is 2.95. The fraction of sp³-hybridized carbons (Fsp3) is 0.375. The second-order valence-electron chi connectivity index (χ2n) is 8.24. The van der Waals surface area contributed by atoms with Gasteiger partial charge in [0.25, 0.3) is 0 Å². The van der Waals surface area contributed by atoms with E-state index in [2.05, 4.69) is 25.1 Å². The third-order valence-corrected chi connectivity index (χ3v) is 5.86. The van der Waals surface area contributed by atoms with Gasteiger partial charge in [0.1, 0.15) is 11.5 Å². The lowest BCUT2D eigenvalue weighted by Gasteiger charge is -2.30. The molecule has 2 aliphatic rings. The van der Waals surface area contributed by atoms with E-state index in [1.54, 1.807) is 0 Å². The summed E-state index contributed by atoms with van der Waals surface area (Å²) < 4.78 is 50.3. The number of halogens is 3. The second-order valence-corrected chi connectivity index (χ2v) is 8.24. The number of hydrogen-bond donors (Lipinski definition) is 1. The quantitative estimate of drug-likeness (QED) is 0.581. The maximum Gasteiger partial charge on any atom is 0.433 e. The molecule has 2 aromatic heterocycles. The molecule has 0 bridgehead atoms. The van der Waals surface area contributed by atoms with E-state index in [0.29, 0.717) is 45.2 Å². The zero-order valence-corrected chi connectivity index (χ0v) is 19.0. The Bertz CT molecular complexity index is 1160. The Morgan fingerprint density at radius 3 is 2.26 bits per heavy atom. The highest BCUT2D eigenvalue weighted by atomic mass is 19.4. The summed E-state index contributed by atoms with van der Waals surface area (Å²) in [6, 6.07) is 12.5. The van der Waals surface area contributed by atoms with Crippen LogP contribution in [0, 0.1) is 0 Å². The van der Waals surface area contributed by atoms with Crippen LogP contribution in [0.3, 0.4) is 0 Å². The topological polar surface area (TPSA) is 75.6 Å². The summed E-state index contributed by atoms with van der Waals surface area (Å²) in [7, 11) is 0. The highest BCUT2D eigenvalue weighted by Crippen LogP contribution is 2.32. The van der Waals surface area contributed by atoms with E-state index in [-0.39, 0.29) is 5.95 Å². The molecule has 4 heterocycles. The van der Waals surface area contributed by atoms with Crippen molar-refractivity contribution in [3.05, 3.63) is 54.4 Å². The molecule has 0 saturated carbocycles. The summed E-state index contributed by atoms with van der Waals surface area (Å²) in [4.78, 5) is 16.8. The zero-order chi connectivity index (χ0) is 24.3. The van der Waals surface area contributed by atoms with Gasteiger partial charge in [-0.2, -0.15) is 13.2 Å². The molecule has 0 unspecified atom stereocenters. The van der Waals surface area contributed by atoms with Crippen molar-refractivity contribution in [1.82, 2.24) is 15.0 Å². The molecule has 5 rings (SSSR count). The molecule has 0 atom stereocenters. The molecule has 2 saturated heterocycles. The van der Waals surface area contributed by atoms with Crippen LogP contribution in [0.5, 0.6) is 0 Å². The Morgan fingerprint density at radius 1 is 0.829 bits per heavy atom. The van der Waals surface area contributed by atoms with Crippen LogP contribution in [-0.4, -0.2) is 67.6 Å². The molecular weight excluding hydrogens is 461 g/mol. The van der Waals surface area contributed by atoms with Crippen molar-refractivity contribution in [1.29, 1.82) is 0 Å². The van der Waals surface area contributed by atoms with Crippen molar-refractivity contribution in [3.63, 3.8) is 0 Å². The molecular formula is C24H25F3N6O2. The van der Waals surface area contributed by atoms with Crippen LogP contribution < -0.4 is 15.1 Å². The first-order chi connectivity index (χ1) is 17.0. The van der Waals surface area contributed by atoms with Gasteiger partial charge in [-0.1, -0.05) is 6.07 Å². The first-order valence-electron chi connectivity index (χ1n) is 11.4. The predicted molar refractivity (Wildman–Crippen MR) is 126 cm³/mol. The molecule has 8 nitrogen and oxygen atoms in total. The van der Waals surface area contributed by atoms with Gasteiger partial charge in [0.05, 0.1) is 32.1 Å². The van der Waals surface area contributed by atoms with Crippen molar-refractivity contribution in [2.45, 2.75) is 6.18 Å². The number of anilines is 4. The average Bonchev–Trinajstić information content (AvgIpc) is 2.89. The minimum absolute atomic E-state index is 0.125. The summed E-state index contributed by atoms with van der Waals surface area (Å²) in [6.45, 7) is 5.48. The highest BCUT2D eigenvalue weighted by molar-refractivity contribution is 5.75. The third-order valence-electron chi connectivity index (χ3n) is 5.86. The predicted octanol–water partition coefficient (Wildman–Crippen LogP) is 3.97. The van der Waals surface area contributed by atoms with Gasteiger partial charge in [0, 0.05) is 49.3 Å². The van der Waals surface area contributed by atoms with Crippen molar-refractivity contribution >= 4 is 23.1 Å². The molecule has 0 aliphatic carbocycles. The van der Waals surface area contributed by atoms with Gasteiger partial charge in [-0.3, -0.25) is 0 Å². The van der Waals surface area contributed by atoms with Crippen LogP contribution in [0.25, 0.3) is 11.3 Å². The molecule has 1 N–H and O–H groups in total. The maximum absolute atomic E-state index is 13.1. The standard InChI is InChI=1S/C24H25F3N6O2/c25-24(26,27)21-4-5-28-23(31-21)29-18-14-17(15-19(16-18)32-6-10-34-11-7-32)20-2-1-3-22(30-20)33-8-12-35-13-9-33/h1-5,14-16H,6-13H2,(H,28,29,31). The highest BCUT2D eigenvalue weighted by Gasteiger charge is 2.32. The summed E-state index contributed by atoms with van der Waals surface area (Å²) in [5.74, 6) is 0.734. The van der Waals surface area contributed by atoms with Gasteiger partial charge in [-0.15, -0.1) is 0 Å². The van der Waals surface area contributed by atoms with Crippen LogP contribution >= 0.6 is 0 Å². The fourth-order valence-electron chi connectivity index (χ4n) is 4.09. The van der Waals surface area contributed by atoms with Gasteiger partial charge in [0.2, 0.25) is 5.95 Å². The molecule has 0 amide bonds. The van der Waals surface area contributed by atoms with Crippen LogP contribution in [-0.2, 0) is 15.7 Å². The Hall–Kier alpha value is -3.44. The number of ether oxygens (including phenoxy) is 2. The van der Waals surface area contributed by atoms with E-state index < -0.39 is 11.9 Å². The number of benzene rings is 1. The smallest absolute Gasteiger partial charge is 0.378 e. The molecule has 0 spiro atoms. The number of nitrogens with one attached hydrogen (secondary N) is 1. The minimum Gasteiger partial charge on any atom is -0.378 e. The van der Waals surface area contributed by atoms with Gasteiger partial charge in [-0.25, -0.2) is 15.0 Å². The fourth-order valence-corrected chi connectivity index (χ4v) is 4.09. The first kappa shape index (κ1) is 23.3. The summed E-state index contributed by atoms with van der Waals surface area (Å²) >= 11 is 0. The van der Waals surface area contributed by atoms with Crippen LogP contribution in [0.1, 0.15) is 5.69 Å². The summed E-state index contributed by atoms with van der Waals surface area (Å²) in [5.41, 5.74) is 2.08. The molecule has 0 radical (unpaired) electrons. The number of nitrogens with zero attached hydrogens (tertiary/aromatic N) is 5. The van der Waals surface area contributed by atoms with Gasteiger partial charge >= 0.3 is 6.18 Å². The lowest BCUT2D eigenvalue weighted by atomic mass is 10.1. The Morgan fingerprint density at radius 2 is 1.54 bits per heavy atom. The van der Waals surface area contributed by atoms with E-state index in [1.165, 1.54) is 0 Å². The number of hydrogen-bond acceptors (Lipinski definition) is 8. The zero-order valence-electron chi connectivity index (χ0n) is 19.0. The Labute approximate surface area is 200 Å². The molecule has 11 heteroatoms. The monoisotopic (exact) mass is 486 g/mol.